The molecule has 0 aliphatic heterocycles. The normalized spacial score (nSPS) is 12.4. The first-order valence-electron chi connectivity index (χ1n) is 4.72. The molecule has 1 aromatic heterocycles. The molecule has 2 aromatic rings. The van der Waals surface area contributed by atoms with Gasteiger partial charge >= 0.3 is 0 Å². The first-order valence-corrected chi connectivity index (χ1v) is 5.10. The number of benzene rings is 1. The molecule has 4 heteroatoms. The summed E-state index contributed by atoms with van der Waals surface area (Å²) in [5.74, 6) is -0.630. The van der Waals surface area contributed by atoms with Gasteiger partial charge in [-0.15, -0.1) is 0 Å². The van der Waals surface area contributed by atoms with Crippen LogP contribution in [-0.4, -0.2) is 10.1 Å². The van der Waals surface area contributed by atoms with Crippen molar-refractivity contribution in [1.82, 2.24) is 4.98 Å². The van der Waals surface area contributed by atoms with Gasteiger partial charge in [0.1, 0.15) is 6.10 Å². The molecule has 2 rings (SSSR count). The van der Waals surface area contributed by atoms with Gasteiger partial charge in [-0.3, -0.25) is 4.98 Å². The van der Waals surface area contributed by atoms with Crippen molar-refractivity contribution in [2.24, 2.45) is 0 Å². The number of aliphatic hydroxyl groups is 1. The van der Waals surface area contributed by atoms with E-state index < -0.39 is 11.9 Å². The van der Waals surface area contributed by atoms with Crippen molar-refractivity contribution in [1.29, 1.82) is 0 Å². The van der Waals surface area contributed by atoms with Crippen LogP contribution in [0.3, 0.4) is 0 Å². The molecule has 0 saturated carbocycles. The Labute approximate surface area is 97.3 Å². The molecule has 0 aliphatic rings. The zero-order valence-electron chi connectivity index (χ0n) is 8.27. The van der Waals surface area contributed by atoms with Crippen LogP contribution in [0.4, 0.5) is 4.39 Å². The third-order valence-corrected chi connectivity index (χ3v) is 2.67. The van der Waals surface area contributed by atoms with Crippen molar-refractivity contribution >= 4 is 11.6 Å². The van der Waals surface area contributed by atoms with Crippen molar-refractivity contribution in [2.45, 2.75) is 6.10 Å². The molecular formula is C12H9ClFNO. The highest BCUT2D eigenvalue weighted by atomic mass is 35.5. The maximum absolute atomic E-state index is 13.1. The van der Waals surface area contributed by atoms with Gasteiger partial charge in [0, 0.05) is 11.8 Å². The standard InChI is InChI=1S/C12H9ClFNO/c13-11-9(6-15-7-10(11)14)12(16)8-4-2-1-3-5-8/h1-7,12,16H. The molecule has 1 aromatic carbocycles. The van der Waals surface area contributed by atoms with Gasteiger partial charge in [-0.2, -0.15) is 0 Å². The Morgan fingerprint density at radius 1 is 1.19 bits per heavy atom. The Balaban J connectivity index is 2.42. The van der Waals surface area contributed by atoms with Crippen molar-refractivity contribution in [2.75, 3.05) is 0 Å². The number of pyridine rings is 1. The molecule has 0 fully saturated rings. The number of hydrogen-bond donors (Lipinski definition) is 1. The van der Waals surface area contributed by atoms with E-state index in [1.54, 1.807) is 24.3 Å². The van der Waals surface area contributed by atoms with Gasteiger partial charge in [0.2, 0.25) is 0 Å². The summed E-state index contributed by atoms with van der Waals surface area (Å²) in [6, 6.07) is 8.90. The number of aromatic nitrogens is 1. The molecule has 0 saturated heterocycles. The minimum atomic E-state index is -0.961. The molecular weight excluding hydrogens is 229 g/mol. The van der Waals surface area contributed by atoms with Crippen LogP contribution in [0.15, 0.2) is 42.7 Å². The quantitative estimate of drug-likeness (QED) is 0.871. The molecule has 1 N–H and O–H groups in total. The Bertz CT molecular complexity index is 490. The van der Waals surface area contributed by atoms with Gasteiger partial charge in [-0.25, -0.2) is 4.39 Å². The summed E-state index contributed by atoms with van der Waals surface area (Å²) in [5, 5.41) is 9.91. The van der Waals surface area contributed by atoms with Gasteiger partial charge in [-0.05, 0) is 5.56 Å². The van der Waals surface area contributed by atoms with E-state index in [-0.39, 0.29) is 10.6 Å². The van der Waals surface area contributed by atoms with Crippen molar-refractivity contribution < 1.29 is 9.50 Å². The third-order valence-electron chi connectivity index (χ3n) is 2.27. The average Bonchev–Trinajstić information content (AvgIpc) is 2.33. The van der Waals surface area contributed by atoms with E-state index >= 15 is 0 Å². The Morgan fingerprint density at radius 2 is 1.88 bits per heavy atom. The fourth-order valence-electron chi connectivity index (χ4n) is 1.44. The lowest BCUT2D eigenvalue weighted by Gasteiger charge is -2.12. The van der Waals surface area contributed by atoms with Crippen LogP contribution in [0.1, 0.15) is 17.2 Å². The Morgan fingerprint density at radius 3 is 2.56 bits per heavy atom. The minimum Gasteiger partial charge on any atom is -0.384 e. The largest absolute Gasteiger partial charge is 0.384 e. The summed E-state index contributed by atoms with van der Waals surface area (Å²) in [6.45, 7) is 0. The van der Waals surface area contributed by atoms with Gasteiger partial charge in [0.25, 0.3) is 0 Å². The van der Waals surface area contributed by atoms with E-state index in [2.05, 4.69) is 4.98 Å². The maximum Gasteiger partial charge on any atom is 0.160 e. The van der Waals surface area contributed by atoms with Gasteiger partial charge < -0.3 is 5.11 Å². The molecule has 0 amide bonds. The Hall–Kier alpha value is -1.45. The van der Waals surface area contributed by atoms with E-state index in [1.807, 2.05) is 6.07 Å². The summed E-state index contributed by atoms with van der Waals surface area (Å²) in [4.78, 5) is 3.67. The van der Waals surface area contributed by atoms with Gasteiger partial charge in [-0.1, -0.05) is 41.9 Å². The zero-order valence-corrected chi connectivity index (χ0v) is 9.03. The van der Waals surface area contributed by atoms with E-state index in [0.29, 0.717) is 5.56 Å². The molecule has 0 spiro atoms. The molecule has 82 valence electrons. The van der Waals surface area contributed by atoms with Crippen molar-refractivity contribution in [3.05, 3.63) is 64.7 Å². The highest BCUT2D eigenvalue weighted by Gasteiger charge is 2.16. The van der Waals surface area contributed by atoms with Crippen molar-refractivity contribution in [3.63, 3.8) is 0 Å². The SMILES string of the molecule is OC(c1ccccc1)c1cncc(F)c1Cl. The second-order valence-corrected chi connectivity index (χ2v) is 3.72. The topological polar surface area (TPSA) is 33.1 Å². The number of aliphatic hydroxyl groups excluding tert-OH is 1. The molecule has 2 nitrogen and oxygen atoms in total. The molecule has 16 heavy (non-hydrogen) atoms. The van der Waals surface area contributed by atoms with Crippen LogP contribution < -0.4 is 0 Å². The first kappa shape index (κ1) is 11.0. The second kappa shape index (κ2) is 4.60. The fraction of sp³-hybridized carbons (Fsp3) is 0.0833. The molecule has 1 heterocycles. The van der Waals surface area contributed by atoms with Gasteiger partial charge in [0.05, 0.1) is 11.2 Å². The first-order chi connectivity index (χ1) is 7.70. The summed E-state index contributed by atoms with van der Waals surface area (Å²) < 4.78 is 13.1. The summed E-state index contributed by atoms with van der Waals surface area (Å²) >= 11 is 5.76. The fourth-order valence-corrected chi connectivity index (χ4v) is 1.64. The summed E-state index contributed by atoms with van der Waals surface area (Å²) in [5.41, 5.74) is 0.921. The molecule has 0 radical (unpaired) electrons. The van der Waals surface area contributed by atoms with Crippen LogP contribution in [0.5, 0.6) is 0 Å². The lowest BCUT2D eigenvalue weighted by molar-refractivity contribution is 0.219. The second-order valence-electron chi connectivity index (χ2n) is 3.34. The number of rotatable bonds is 2. The van der Waals surface area contributed by atoms with Gasteiger partial charge in [0.15, 0.2) is 5.82 Å². The highest BCUT2D eigenvalue weighted by molar-refractivity contribution is 6.31. The Kier molecular flexibility index (Phi) is 3.17. The van der Waals surface area contributed by atoms with E-state index in [1.165, 1.54) is 6.20 Å². The molecule has 1 unspecified atom stereocenters. The summed E-state index contributed by atoms with van der Waals surface area (Å²) in [7, 11) is 0. The van der Waals surface area contributed by atoms with Crippen molar-refractivity contribution in [3.8, 4) is 0 Å². The third kappa shape index (κ3) is 2.05. The van der Waals surface area contributed by atoms with Crippen LogP contribution in [-0.2, 0) is 0 Å². The van der Waals surface area contributed by atoms with Crippen LogP contribution in [0.2, 0.25) is 5.02 Å². The molecule has 0 aliphatic carbocycles. The van der Waals surface area contributed by atoms with E-state index in [9.17, 15) is 9.50 Å². The highest BCUT2D eigenvalue weighted by Crippen LogP contribution is 2.28. The van der Waals surface area contributed by atoms with Crippen LogP contribution >= 0.6 is 11.6 Å². The molecule has 1 atom stereocenters. The maximum atomic E-state index is 13.1. The summed E-state index contributed by atoms with van der Waals surface area (Å²) in [6.07, 6.45) is 1.42. The van der Waals surface area contributed by atoms with Crippen LogP contribution in [0.25, 0.3) is 0 Å². The lowest BCUT2D eigenvalue weighted by Crippen LogP contribution is -2.02. The predicted molar refractivity (Wildman–Crippen MR) is 59.7 cm³/mol. The molecule has 0 bridgehead atoms. The number of halogens is 2. The lowest BCUT2D eigenvalue weighted by atomic mass is 10.0. The van der Waals surface area contributed by atoms with E-state index in [4.69, 9.17) is 11.6 Å². The van der Waals surface area contributed by atoms with E-state index in [0.717, 1.165) is 6.20 Å². The minimum absolute atomic E-state index is 0.0913. The zero-order chi connectivity index (χ0) is 11.5. The number of nitrogens with zero attached hydrogens (tertiary/aromatic N) is 1. The predicted octanol–water partition coefficient (Wildman–Crippen LogP) is 2.96. The number of hydrogen-bond acceptors (Lipinski definition) is 2. The smallest absolute Gasteiger partial charge is 0.160 e. The van der Waals surface area contributed by atoms with Crippen LogP contribution in [0, 0.1) is 5.82 Å². The monoisotopic (exact) mass is 237 g/mol. The average molecular weight is 238 g/mol.